The minimum Gasteiger partial charge on any atom is -0.466 e. The summed E-state index contributed by atoms with van der Waals surface area (Å²) in [4.78, 5) is 11.2. The second kappa shape index (κ2) is 7.35. The van der Waals surface area contributed by atoms with Crippen LogP contribution in [0.4, 0.5) is 14.5 Å². The zero-order valence-electron chi connectivity index (χ0n) is 10.5. The van der Waals surface area contributed by atoms with Crippen LogP contribution in [0.25, 0.3) is 0 Å². The van der Waals surface area contributed by atoms with Crippen molar-refractivity contribution in [3.63, 3.8) is 0 Å². The smallest absolute Gasteiger partial charge is 0.387 e. The SMILES string of the molecule is C=C(CC(=O)OCC)Nc1cccc(OC(F)F)c1. The van der Waals surface area contributed by atoms with Crippen LogP contribution in [0.5, 0.6) is 5.75 Å². The molecule has 0 saturated carbocycles. The molecule has 0 bridgehead atoms. The van der Waals surface area contributed by atoms with Gasteiger partial charge in [0.25, 0.3) is 0 Å². The Kier molecular flexibility index (Phi) is 5.78. The van der Waals surface area contributed by atoms with Crippen LogP contribution in [0.3, 0.4) is 0 Å². The van der Waals surface area contributed by atoms with Crippen molar-refractivity contribution in [3.8, 4) is 5.75 Å². The number of carbonyl (C=O) groups excluding carboxylic acids is 1. The van der Waals surface area contributed by atoms with Gasteiger partial charge in [-0.2, -0.15) is 8.78 Å². The van der Waals surface area contributed by atoms with Crippen molar-refractivity contribution < 1.29 is 23.0 Å². The summed E-state index contributed by atoms with van der Waals surface area (Å²) in [5.74, 6) is -0.371. The van der Waals surface area contributed by atoms with Crippen molar-refractivity contribution in [2.75, 3.05) is 11.9 Å². The lowest BCUT2D eigenvalue weighted by molar-refractivity contribution is -0.142. The summed E-state index contributed by atoms with van der Waals surface area (Å²) < 4.78 is 33.1. The van der Waals surface area contributed by atoms with Crippen LogP contribution in [-0.2, 0) is 9.53 Å². The summed E-state index contributed by atoms with van der Waals surface area (Å²) >= 11 is 0. The normalized spacial score (nSPS) is 10.1. The van der Waals surface area contributed by atoms with Gasteiger partial charge in [0.15, 0.2) is 0 Å². The summed E-state index contributed by atoms with van der Waals surface area (Å²) in [5.41, 5.74) is 0.917. The van der Waals surface area contributed by atoms with Gasteiger partial charge in [-0.05, 0) is 19.1 Å². The molecule has 104 valence electrons. The minimum atomic E-state index is -2.88. The van der Waals surface area contributed by atoms with E-state index in [0.717, 1.165) is 0 Å². The van der Waals surface area contributed by atoms with Gasteiger partial charge in [-0.1, -0.05) is 12.6 Å². The highest BCUT2D eigenvalue weighted by atomic mass is 19.3. The van der Waals surface area contributed by atoms with Crippen molar-refractivity contribution >= 4 is 11.7 Å². The molecular weight excluding hydrogens is 256 g/mol. The molecule has 0 aromatic heterocycles. The molecule has 0 spiro atoms. The van der Waals surface area contributed by atoms with Crippen LogP contribution in [0, 0.1) is 0 Å². The van der Waals surface area contributed by atoms with Crippen LogP contribution in [0.2, 0.25) is 0 Å². The molecular formula is C13H15F2NO3. The first-order valence-corrected chi connectivity index (χ1v) is 5.66. The van der Waals surface area contributed by atoms with Crippen LogP contribution < -0.4 is 10.1 Å². The molecule has 0 unspecified atom stereocenters. The number of hydrogen-bond acceptors (Lipinski definition) is 4. The molecule has 0 aliphatic carbocycles. The molecule has 0 aliphatic heterocycles. The predicted octanol–water partition coefficient (Wildman–Crippen LogP) is 3.17. The monoisotopic (exact) mass is 271 g/mol. The highest BCUT2D eigenvalue weighted by Gasteiger charge is 2.07. The maximum atomic E-state index is 12.1. The fraction of sp³-hybridized carbons (Fsp3) is 0.308. The fourth-order valence-corrected chi connectivity index (χ4v) is 1.38. The third-order valence-corrected chi connectivity index (χ3v) is 2.04. The Labute approximate surface area is 110 Å². The van der Waals surface area contributed by atoms with Crippen LogP contribution in [-0.4, -0.2) is 19.2 Å². The molecule has 1 N–H and O–H groups in total. The van der Waals surface area contributed by atoms with E-state index in [9.17, 15) is 13.6 Å². The molecule has 0 amide bonds. The van der Waals surface area contributed by atoms with Crippen molar-refractivity contribution in [1.29, 1.82) is 0 Å². The first-order chi connectivity index (χ1) is 9.01. The number of hydrogen-bond donors (Lipinski definition) is 1. The third kappa shape index (κ3) is 5.85. The van der Waals surface area contributed by atoms with Gasteiger partial charge in [-0.25, -0.2) is 0 Å². The van der Waals surface area contributed by atoms with Gasteiger partial charge < -0.3 is 14.8 Å². The van der Waals surface area contributed by atoms with Crippen LogP contribution >= 0.6 is 0 Å². The van der Waals surface area contributed by atoms with E-state index in [2.05, 4.69) is 16.6 Å². The topological polar surface area (TPSA) is 47.6 Å². The average molecular weight is 271 g/mol. The van der Waals surface area contributed by atoms with Gasteiger partial charge in [-0.15, -0.1) is 0 Å². The first-order valence-electron chi connectivity index (χ1n) is 5.66. The Morgan fingerprint density at radius 2 is 2.21 bits per heavy atom. The maximum absolute atomic E-state index is 12.1. The number of halogens is 2. The Morgan fingerprint density at radius 1 is 1.47 bits per heavy atom. The number of alkyl halides is 2. The van der Waals surface area contributed by atoms with E-state index in [4.69, 9.17) is 4.74 Å². The lowest BCUT2D eigenvalue weighted by Gasteiger charge is -2.11. The summed E-state index contributed by atoms with van der Waals surface area (Å²) in [6.07, 6.45) is 0.00771. The van der Waals surface area contributed by atoms with E-state index in [0.29, 0.717) is 18.0 Å². The van der Waals surface area contributed by atoms with E-state index >= 15 is 0 Å². The Hall–Kier alpha value is -2.11. The molecule has 0 saturated heterocycles. The lowest BCUT2D eigenvalue weighted by atomic mass is 10.2. The number of rotatable bonds is 7. The Balaban J connectivity index is 2.56. The van der Waals surface area contributed by atoms with Crippen molar-refractivity contribution in [2.24, 2.45) is 0 Å². The number of anilines is 1. The van der Waals surface area contributed by atoms with E-state index < -0.39 is 12.6 Å². The molecule has 0 radical (unpaired) electrons. The van der Waals surface area contributed by atoms with E-state index in [1.807, 2.05) is 0 Å². The summed E-state index contributed by atoms with van der Waals surface area (Å²) in [6.45, 7) is 2.79. The molecule has 1 rings (SSSR count). The second-order valence-electron chi connectivity index (χ2n) is 3.62. The molecule has 6 heteroatoms. The number of carbonyl (C=O) groups is 1. The van der Waals surface area contributed by atoms with Gasteiger partial charge in [-0.3, -0.25) is 4.79 Å². The van der Waals surface area contributed by atoms with Crippen molar-refractivity contribution in [2.45, 2.75) is 20.0 Å². The quantitative estimate of drug-likeness (QED) is 0.774. The number of benzene rings is 1. The third-order valence-electron chi connectivity index (χ3n) is 2.04. The molecule has 0 aliphatic rings. The molecule has 1 aromatic carbocycles. The van der Waals surface area contributed by atoms with Gasteiger partial charge in [0.2, 0.25) is 0 Å². The van der Waals surface area contributed by atoms with Gasteiger partial charge in [0.1, 0.15) is 5.75 Å². The molecule has 0 atom stereocenters. The summed E-state index contributed by atoms with van der Waals surface area (Å²) in [7, 11) is 0. The summed E-state index contributed by atoms with van der Waals surface area (Å²) in [6, 6.07) is 6.00. The van der Waals surface area contributed by atoms with Gasteiger partial charge >= 0.3 is 12.6 Å². The van der Waals surface area contributed by atoms with Crippen LogP contribution in [0.1, 0.15) is 13.3 Å². The second-order valence-corrected chi connectivity index (χ2v) is 3.62. The Bertz CT molecular complexity index is 449. The Morgan fingerprint density at radius 3 is 2.84 bits per heavy atom. The summed E-state index contributed by atoms with van der Waals surface area (Å²) in [5, 5.41) is 2.82. The zero-order chi connectivity index (χ0) is 14.3. The van der Waals surface area contributed by atoms with Crippen LogP contribution in [0.15, 0.2) is 36.5 Å². The fourth-order valence-electron chi connectivity index (χ4n) is 1.38. The highest BCUT2D eigenvalue weighted by molar-refractivity contribution is 5.73. The average Bonchev–Trinajstić information content (AvgIpc) is 2.28. The molecule has 0 fully saturated rings. The number of nitrogens with one attached hydrogen (secondary N) is 1. The van der Waals surface area contributed by atoms with Gasteiger partial charge in [0, 0.05) is 17.5 Å². The largest absolute Gasteiger partial charge is 0.466 e. The van der Waals surface area contributed by atoms with Crippen molar-refractivity contribution in [1.82, 2.24) is 0 Å². The predicted molar refractivity (Wildman–Crippen MR) is 67.1 cm³/mol. The molecule has 1 aromatic rings. The number of ether oxygens (including phenoxy) is 2. The van der Waals surface area contributed by atoms with E-state index in [1.165, 1.54) is 12.1 Å². The van der Waals surface area contributed by atoms with E-state index in [-0.39, 0.29) is 12.2 Å². The first kappa shape index (κ1) is 14.9. The molecule has 4 nitrogen and oxygen atoms in total. The zero-order valence-corrected chi connectivity index (χ0v) is 10.5. The highest BCUT2D eigenvalue weighted by Crippen LogP contribution is 2.20. The molecule has 0 heterocycles. The maximum Gasteiger partial charge on any atom is 0.387 e. The number of esters is 1. The lowest BCUT2D eigenvalue weighted by Crippen LogP contribution is -2.09. The molecule has 19 heavy (non-hydrogen) atoms. The van der Waals surface area contributed by atoms with Crippen molar-refractivity contribution in [3.05, 3.63) is 36.5 Å². The van der Waals surface area contributed by atoms with Gasteiger partial charge in [0.05, 0.1) is 13.0 Å². The van der Waals surface area contributed by atoms with E-state index in [1.54, 1.807) is 19.1 Å². The minimum absolute atomic E-state index is 0.00771. The standard InChI is InChI=1S/C13H15F2NO3/c1-3-18-12(17)7-9(2)16-10-5-4-6-11(8-10)19-13(14)15/h4-6,8,13,16H,2-3,7H2,1H3.